The van der Waals surface area contributed by atoms with Crippen LogP contribution >= 0.6 is 0 Å². The van der Waals surface area contributed by atoms with Crippen LogP contribution in [0.3, 0.4) is 0 Å². The molecule has 0 aliphatic rings. The van der Waals surface area contributed by atoms with Crippen molar-refractivity contribution >= 4 is 0 Å². The van der Waals surface area contributed by atoms with Crippen LogP contribution in [0.2, 0.25) is 0 Å². The number of rotatable bonds is 6. The minimum absolute atomic E-state index is 0.148. The van der Waals surface area contributed by atoms with Crippen molar-refractivity contribution in [2.24, 2.45) is 0 Å². The van der Waals surface area contributed by atoms with Crippen molar-refractivity contribution in [2.45, 2.75) is 32.2 Å². The maximum atomic E-state index is 8.96. The van der Waals surface area contributed by atoms with Gasteiger partial charge in [-0.2, -0.15) is 0 Å². The van der Waals surface area contributed by atoms with E-state index < -0.39 is 0 Å². The Hall–Kier alpha value is -0.120. The van der Waals surface area contributed by atoms with Gasteiger partial charge in [0.05, 0.1) is 6.61 Å². The summed E-state index contributed by atoms with van der Waals surface area (Å²) in [7, 11) is 0. The smallest absolute Gasteiger partial charge is 0.0610 e. The molecule has 0 rings (SSSR count). The van der Waals surface area contributed by atoms with E-state index in [1.807, 2.05) is 13.8 Å². The summed E-state index contributed by atoms with van der Waals surface area (Å²) in [5.41, 5.74) is -0.171. The van der Waals surface area contributed by atoms with Gasteiger partial charge in [-0.15, -0.1) is 0 Å². The standard InChI is InChI=1S/C8H19NO2/c1-3-8(2,7-11)9-5-4-6-10/h9-11H,3-7H2,1-2H3. The first-order valence-electron chi connectivity index (χ1n) is 4.15. The lowest BCUT2D eigenvalue weighted by Gasteiger charge is -2.27. The Morgan fingerprint density at radius 2 is 2.00 bits per heavy atom. The Kier molecular flexibility index (Phi) is 5.46. The predicted molar refractivity (Wildman–Crippen MR) is 45.5 cm³/mol. The number of hydrogen-bond donors (Lipinski definition) is 3. The molecular formula is C8H19NO2. The molecule has 11 heavy (non-hydrogen) atoms. The summed E-state index contributed by atoms with van der Waals surface area (Å²) in [5.74, 6) is 0. The lowest BCUT2D eigenvalue weighted by atomic mass is 10.0. The molecule has 3 N–H and O–H groups in total. The van der Waals surface area contributed by atoms with E-state index in [0.29, 0.717) is 0 Å². The molecule has 0 saturated heterocycles. The molecule has 0 radical (unpaired) electrons. The average molecular weight is 161 g/mol. The highest BCUT2D eigenvalue weighted by molar-refractivity contribution is 4.79. The van der Waals surface area contributed by atoms with Crippen LogP contribution in [0.15, 0.2) is 0 Å². The lowest BCUT2D eigenvalue weighted by Crippen LogP contribution is -2.45. The molecule has 0 amide bonds. The second-order valence-electron chi connectivity index (χ2n) is 3.08. The Morgan fingerprint density at radius 1 is 1.36 bits per heavy atom. The summed E-state index contributed by atoms with van der Waals surface area (Å²) in [6, 6.07) is 0. The van der Waals surface area contributed by atoms with E-state index in [4.69, 9.17) is 10.2 Å². The molecule has 0 aromatic heterocycles. The Labute approximate surface area is 68.4 Å². The zero-order chi connectivity index (χ0) is 8.74. The van der Waals surface area contributed by atoms with Crippen LogP contribution in [0.5, 0.6) is 0 Å². The van der Waals surface area contributed by atoms with Gasteiger partial charge in [0.2, 0.25) is 0 Å². The molecule has 0 spiro atoms. The summed E-state index contributed by atoms with van der Waals surface area (Å²) in [6.45, 7) is 5.13. The van der Waals surface area contributed by atoms with Gasteiger partial charge in [0, 0.05) is 12.1 Å². The fraction of sp³-hybridized carbons (Fsp3) is 1.00. The molecule has 3 heteroatoms. The summed E-state index contributed by atoms with van der Waals surface area (Å²) in [5, 5.41) is 20.7. The van der Waals surface area contributed by atoms with Crippen LogP contribution in [-0.2, 0) is 0 Å². The van der Waals surface area contributed by atoms with Crippen LogP contribution < -0.4 is 5.32 Å². The molecule has 1 atom stereocenters. The number of nitrogens with one attached hydrogen (secondary N) is 1. The highest BCUT2D eigenvalue weighted by atomic mass is 16.3. The van der Waals surface area contributed by atoms with Crippen molar-refractivity contribution in [3.8, 4) is 0 Å². The Morgan fingerprint density at radius 3 is 2.36 bits per heavy atom. The maximum absolute atomic E-state index is 8.96. The summed E-state index contributed by atoms with van der Waals surface area (Å²) >= 11 is 0. The molecule has 0 bridgehead atoms. The summed E-state index contributed by atoms with van der Waals surface area (Å²) in [6.07, 6.45) is 1.64. The molecule has 0 fully saturated rings. The van der Waals surface area contributed by atoms with E-state index in [1.54, 1.807) is 0 Å². The van der Waals surface area contributed by atoms with Crippen LogP contribution in [0.1, 0.15) is 26.7 Å². The van der Waals surface area contributed by atoms with Crippen molar-refractivity contribution in [2.75, 3.05) is 19.8 Å². The highest BCUT2D eigenvalue weighted by Gasteiger charge is 2.18. The molecule has 0 aliphatic carbocycles. The quantitative estimate of drug-likeness (QED) is 0.485. The summed E-state index contributed by atoms with van der Waals surface area (Å²) in [4.78, 5) is 0. The van der Waals surface area contributed by atoms with E-state index in [1.165, 1.54) is 0 Å². The lowest BCUT2D eigenvalue weighted by molar-refractivity contribution is 0.166. The van der Waals surface area contributed by atoms with Crippen molar-refractivity contribution in [1.82, 2.24) is 5.32 Å². The topological polar surface area (TPSA) is 52.5 Å². The first-order chi connectivity index (χ1) is 5.18. The van der Waals surface area contributed by atoms with E-state index in [0.717, 1.165) is 19.4 Å². The molecule has 0 aromatic rings. The zero-order valence-electron chi connectivity index (χ0n) is 7.43. The minimum Gasteiger partial charge on any atom is -0.396 e. The molecule has 0 aromatic carbocycles. The largest absolute Gasteiger partial charge is 0.396 e. The number of aliphatic hydroxyl groups is 2. The third-order valence-electron chi connectivity index (χ3n) is 2.02. The van der Waals surface area contributed by atoms with Crippen molar-refractivity contribution in [1.29, 1.82) is 0 Å². The van der Waals surface area contributed by atoms with Gasteiger partial charge >= 0.3 is 0 Å². The number of aliphatic hydroxyl groups excluding tert-OH is 2. The molecule has 0 heterocycles. The Bertz CT molecular complexity index is 92.1. The minimum atomic E-state index is -0.171. The molecule has 0 aliphatic heterocycles. The van der Waals surface area contributed by atoms with Gasteiger partial charge in [-0.25, -0.2) is 0 Å². The van der Waals surface area contributed by atoms with Crippen molar-refractivity contribution in [3.63, 3.8) is 0 Å². The molecule has 1 unspecified atom stereocenters. The second kappa shape index (κ2) is 5.52. The first kappa shape index (κ1) is 10.9. The number of hydrogen-bond acceptors (Lipinski definition) is 3. The predicted octanol–water partition coefficient (Wildman–Crippen LogP) is 0.119. The van der Waals surface area contributed by atoms with Gasteiger partial charge in [0.1, 0.15) is 0 Å². The van der Waals surface area contributed by atoms with Crippen LogP contribution in [0.25, 0.3) is 0 Å². The van der Waals surface area contributed by atoms with Crippen LogP contribution in [-0.4, -0.2) is 35.5 Å². The molecule has 3 nitrogen and oxygen atoms in total. The third kappa shape index (κ3) is 4.35. The maximum Gasteiger partial charge on any atom is 0.0610 e. The van der Waals surface area contributed by atoms with Gasteiger partial charge < -0.3 is 15.5 Å². The molecule has 0 saturated carbocycles. The summed E-state index contributed by atoms with van der Waals surface area (Å²) < 4.78 is 0. The second-order valence-corrected chi connectivity index (χ2v) is 3.08. The first-order valence-corrected chi connectivity index (χ1v) is 4.15. The van der Waals surface area contributed by atoms with Crippen LogP contribution in [0.4, 0.5) is 0 Å². The van der Waals surface area contributed by atoms with E-state index in [9.17, 15) is 0 Å². The monoisotopic (exact) mass is 161 g/mol. The van der Waals surface area contributed by atoms with Gasteiger partial charge in [-0.1, -0.05) is 6.92 Å². The fourth-order valence-electron chi connectivity index (χ4n) is 0.762. The average Bonchev–Trinajstić information content (AvgIpc) is 2.05. The van der Waals surface area contributed by atoms with Gasteiger partial charge in [0.15, 0.2) is 0 Å². The van der Waals surface area contributed by atoms with Gasteiger partial charge in [-0.05, 0) is 26.3 Å². The SMILES string of the molecule is CCC(C)(CO)NCCCO. The van der Waals surface area contributed by atoms with Gasteiger partial charge in [0.25, 0.3) is 0 Å². The fourth-order valence-corrected chi connectivity index (χ4v) is 0.762. The van der Waals surface area contributed by atoms with Crippen molar-refractivity contribution < 1.29 is 10.2 Å². The van der Waals surface area contributed by atoms with Gasteiger partial charge in [-0.3, -0.25) is 0 Å². The third-order valence-corrected chi connectivity index (χ3v) is 2.02. The highest BCUT2D eigenvalue weighted by Crippen LogP contribution is 2.06. The van der Waals surface area contributed by atoms with Crippen molar-refractivity contribution in [3.05, 3.63) is 0 Å². The zero-order valence-corrected chi connectivity index (χ0v) is 7.43. The van der Waals surface area contributed by atoms with E-state index in [-0.39, 0.29) is 18.8 Å². The molecular weight excluding hydrogens is 142 g/mol. The molecule has 68 valence electrons. The van der Waals surface area contributed by atoms with E-state index >= 15 is 0 Å². The normalized spacial score (nSPS) is 16.4. The van der Waals surface area contributed by atoms with Crippen LogP contribution in [0, 0.1) is 0 Å². The Balaban J connectivity index is 3.51. The van der Waals surface area contributed by atoms with E-state index in [2.05, 4.69) is 5.32 Å².